The van der Waals surface area contributed by atoms with Gasteiger partial charge in [-0.05, 0) is 29.9 Å². The number of para-hydroxylation sites is 1. The van der Waals surface area contributed by atoms with Gasteiger partial charge in [-0.1, -0.05) is 42.5 Å². The predicted molar refractivity (Wildman–Crippen MR) is 90.4 cm³/mol. The van der Waals surface area contributed by atoms with E-state index in [9.17, 15) is 5.11 Å². The van der Waals surface area contributed by atoms with Crippen LogP contribution in [0.4, 0.5) is 5.82 Å². The molecule has 6 heteroatoms. The molecule has 2 aromatic carbocycles. The molecule has 0 aliphatic carbocycles. The van der Waals surface area contributed by atoms with E-state index in [1.165, 1.54) is 0 Å². The number of benzene rings is 2. The first-order chi connectivity index (χ1) is 10.7. The fourth-order valence-electron chi connectivity index (χ4n) is 2.09. The third kappa shape index (κ3) is 3.12. The Morgan fingerprint density at radius 2 is 1.82 bits per heavy atom. The van der Waals surface area contributed by atoms with Crippen molar-refractivity contribution in [2.75, 3.05) is 0 Å². The molecule has 0 bridgehead atoms. The van der Waals surface area contributed by atoms with E-state index in [0.717, 1.165) is 11.1 Å². The van der Waals surface area contributed by atoms with Crippen LogP contribution in [0.15, 0.2) is 64.8 Å². The van der Waals surface area contributed by atoms with Gasteiger partial charge >= 0.3 is 0 Å². The lowest BCUT2D eigenvalue weighted by atomic mass is 10.2. The van der Waals surface area contributed by atoms with Crippen LogP contribution in [0.25, 0.3) is 10.9 Å². The fraction of sp³-hybridized carbons (Fsp3) is 0.0625. The molecule has 0 spiro atoms. The number of aromatic nitrogens is 1. The van der Waals surface area contributed by atoms with Crippen LogP contribution in [-0.2, 0) is 6.54 Å². The van der Waals surface area contributed by atoms with Crippen molar-refractivity contribution in [1.82, 2.24) is 10.3 Å². The maximum atomic E-state index is 10.1. The van der Waals surface area contributed by atoms with E-state index in [4.69, 9.17) is 12.2 Å². The summed E-state index contributed by atoms with van der Waals surface area (Å²) in [6.45, 7) is 0.581. The number of hydrogen-bond acceptors (Lipinski definition) is 3. The van der Waals surface area contributed by atoms with Crippen molar-refractivity contribution >= 4 is 34.1 Å². The van der Waals surface area contributed by atoms with Gasteiger partial charge in [0.05, 0.1) is 5.52 Å². The van der Waals surface area contributed by atoms with Gasteiger partial charge in [-0.15, -0.1) is 10.2 Å². The Morgan fingerprint density at radius 3 is 2.59 bits per heavy atom. The number of thiocarbonyl (C=S) groups is 1. The molecular weight excluding hydrogens is 296 g/mol. The second-order valence-corrected chi connectivity index (χ2v) is 5.10. The first kappa shape index (κ1) is 14.2. The minimum absolute atomic E-state index is 0.0743. The number of rotatable bonds is 3. The molecule has 0 aliphatic heterocycles. The van der Waals surface area contributed by atoms with E-state index < -0.39 is 0 Å². The fourth-order valence-corrected chi connectivity index (χ4v) is 2.20. The van der Waals surface area contributed by atoms with Crippen LogP contribution < -0.4 is 5.32 Å². The average Bonchev–Trinajstić information content (AvgIpc) is 2.88. The standard InChI is InChI=1S/C16H14N4OS/c21-14-12-8-4-5-9-13(12)18-15(14)19-20-16(22)17-10-11-6-2-1-3-7-11/h1-9,18,21H,10H2,(H,17,22)/b20-19+. The van der Waals surface area contributed by atoms with Crippen molar-refractivity contribution in [3.63, 3.8) is 0 Å². The van der Waals surface area contributed by atoms with Crippen molar-refractivity contribution in [1.29, 1.82) is 0 Å². The van der Waals surface area contributed by atoms with Crippen LogP contribution in [0, 0.1) is 0 Å². The first-order valence-electron chi connectivity index (χ1n) is 6.77. The van der Waals surface area contributed by atoms with Gasteiger partial charge in [-0.2, -0.15) is 0 Å². The van der Waals surface area contributed by atoms with Crippen LogP contribution in [0.1, 0.15) is 5.56 Å². The maximum absolute atomic E-state index is 10.1. The Kier molecular flexibility index (Phi) is 4.11. The minimum atomic E-state index is 0.0743. The predicted octanol–water partition coefficient (Wildman–Crippen LogP) is 4.03. The molecule has 1 aromatic heterocycles. The Hall–Kier alpha value is -2.73. The molecule has 0 amide bonds. The SMILES string of the molecule is Oc1c(/N=N/C(=S)NCc2ccccc2)[nH]c2ccccc12. The molecule has 22 heavy (non-hydrogen) atoms. The number of H-pyrrole nitrogens is 1. The molecular formula is C16H14N4OS. The van der Waals surface area contributed by atoms with Gasteiger partial charge in [-0.25, -0.2) is 0 Å². The molecule has 3 N–H and O–H groups in total. The summed E-state index contributed by atoms with van der Waals surface area (Å²) in [5, 5.41) is 21.9. The Balaban J connectivity index is 1.67. The van der Waals surface area contributed by atoms with Crippen molar-refractivity contribution < 1.29 is 5.11 Å². The van der Waals surface area contributed by atoms with Crippen molar-refractivity contribution in [3.05, 3.63) is 60.2 Å². The van der Waals surface area contributed by atoms with Crippen LogP contribution >= 0.6 is 12.2 Å². The van der Waals surface area contributed by atoms with Crippen LogP contribution in [0.5, 0.6) is 5.75 Å². The zero-order valence-electron chi connectivity index (χ0n) is 11.7. The molecule has 0 fully saturated rings. The highest BCUT2D eigenvalue weighted by molar-refractivity contribution is 7.80. The van der Waals surface area contributed by atoms with Crippen molar-refractivity contribution in [3.8, 4) is 5.75 Å². The van der Waals surface area contributed by atoms with Gasteiger partial charge in [0.2, 0.25) is 5.11 Å². The van der Waals surface area contributed by atoms with E-state index in [2.05, 4.69) is 20.5 Å². The van der Waals surface area contributed by atoms with Crippen molar-refractivity contribution in [2.45, 2.75) is 6.54 Å². The zero-order valence-corrected chi connectivity index (χ0v) is 12.5. The lowest BCUT2D eigenvalue weighted by Crippen LogP contribution is -2.18. The molecule has 0 saturated carbocycles. The smallest absolute Gasteiger partial charge is 0.214 e. The number of azo groups is 1. The number of aromatic hydroxyl groups is 1. The highest BCUT2D eigenvalue weighted by Gasteiger charge is 2.08. The summed E-state index contributed by atoms with van der Waals surface area (Å²) in [5.74, 6) is 0.371. The largest absolute Gasteiger partial charge is 0.504 e. The summed E-state index contributed by atoms with van der Waals surface area (Å²) in [4.78, 5) is 3.00. The molecule has 3 aromatic rings. The second kappa shape index (κ2) is 6.36. The van der Waals surface area contributed by atoms with Crippen LogP contribution in [0.3, 0.4) is 0 Å². The van der Waals surface area contributed by atoms with Crippen molar-refractivity contribution in [2.24, 2.45) is 10.2 Å². The van der Waals surface area contributed by atoms with Gasteiger partial charge in [-0.3, -0.25) is 0 Å². The molecule has 5 nitrogen and oxygen atoms in total. The highest BCUT2D eigenvalue weighted by atomic mass is 32.1. The molecule has 3 rings (SSSR count). The zero-order chi connectivity index (χ0) is 15.4. The van der Waals surface area contributed by atoms with Gasteiger partial charge < -0.3 is 15.4 Å². The molecule has 0 atom stereocenters. The summed E-state index contributed by atoms with van der Waals surface area (Å²) in [6.07, 6.45) is 0. The summed E-state index contributed by atoms with van der Waals surface area (Å²) >= 11 is 5.11. The third-order valence-electron chi connectivity index (χ3n) is 3.19. The second-order valence-electron chi connectivity index (χ2n) is 4.71. The number of nitrogens with one attached hydrogen (secondary N) is 2. The van der Waals surface area contributed by atoms with E-state index >= 15 is 0 Å². The van der Waals surface area contributed by atoms with E-state index in [0.29, 0.717) is 17.7 Å². The number of nitrogens with zero attached hydrogens (tertiary/aromatic N) is 2. The van der Waals surface area contributed by atoms with Gasteiger partial charge in [0.25, 0.3) is 0 Å². The average molecular weight is 310 g/mol. The first-order valence-corrected chi connectivity index (χ1v) is 7.18. The Morgan fingerprint density at radius 1 is 1.09 bits per heavy atom. The molecule has 1 heterocycles. The lowest BCUT2D eigenvalue weighted by Gasteiger charge is -2.02. The van der Waals surface area contributed by atoms with E-state index in [1.807, 2.05) is 54.6 Å². The highest BCUT2D eigenvalue weighted by Crippen LogP contribution is 2.34. The molecule has 0 aliphatic rings. The number of hydrogen-bond donors (Lipinski definition) is 3. The topological polar surface area (TPSA) is 72.8 Å². The summed E-state index contributed by atoms with van der Waals surface area (Å²) in [7, 11) is 0. The lowest BCUT2D eigenvalue weighted by molar-refractivity contribution is 0.482. The molecule has 0 saturated heterocycles. The normalized spacial score (nSPS) is 11.1. The summed E-state index contributed by atoms with van der Waals surface area (Å²) in [6, 6.07) is 17.3. The third-order valence-corrected chi connectivity index (χ3v) is 3.41. The number of aromatic amines is 1. The van der Waals surface area contributed by atoms with Gasteiger partial charge in [0.1, 0.15) is 0 Å². The minimum Gasteiger partial charge on any atom is -0.504 e. The Bertz CT molecular complexity index is 827. The van der Waals surface area contributed by atoms with E-state index in [1.54, 1.807) is 0 Å². The molecule has 0 unspecified atom stereocenters. The van der Waals surface area contributed by atoms with Gasteiger partial charge in [0, 0.05) is 11.9 Å². The molecule has 110 valence electrons. The van der Waals surface area contributed by atoms with Gasteiger partial charge in [0.15, 0.2) is 11.6 Å². The summed E-state index contributed by atoms with van der Waals surface area (Å²) in [5.41, 5.74) is 1.91. The monoisotopic (exact) mass is 310 g/mol. The quantitative estimate of drug-likeness (QED) is 0.505. The summed E-state index contributed by atoms with van der Waals surface area (Å²) < 4.78 is 0. The van der Waals surface area contributed by atoms with Crippen LogP contribution in [0.2, 0.25) is 0 Å². The van der Waals surface area contributed by atoms with Crippen LogP contribution in [-0.4, -0.2) is 15.2 Å². The maximum Gasteiger partial charge on any atom is 0.214 e. The van der Waals surface area contributed by atoms with E-state index in [-0.39, 0.29) is 10.9 Å². The Labute approximate surface area is 132 Å². The molecule has 0 radical (unpaired) electrons. The number of fused-ring (bicyclic) bond motifs is 1.